The molecule has 3 saturated heterocycles. The first kappa shape index (κ1) is 32.6. The van der Waals surface area contributed by atoms with Crippen molar-refractivity contribution in [3.8, 4) is 16.5 Å². The van der Waals surface area contributed by atoms with Crippen molar-refractivity contribution < 1.29 is 14.3 Å². The molecule has 4 aromatic rings. The lowest BCUT2D eigenvalue weighted by atomic mass is 9.85. The van der Waals surface area contributed by atoms with Crippen LogP contribution in [0.4, 0.5) is 16.6 Å². The third-order valence-electron chi connectivity index (χ3n) is 9.46. The van der Waals surface area contributed by atoms with Crippen LogP contribution in [0.5, 0.6) is 5.75 Å². The topological polar surface area (TPSA) is 163 Å². The van der Waals surface area contributed by atoms with Crippen molar-refractivity contribution in [2.75, 3.05) is 67.9 Å². The number of hydrogen-bond donors (Lipinski definition) is 2. The molecule has 49 heavy (non-hydrogen) atoms. The summed E-state index contributed by atoms with van der Waals surface area (Å²) in [7, 11) is 1.84. The first-order chi connectivity index (χ1) is 23.6. The molecule has 0 unspecified atom stereocenters. The summed E-state index contributed by atoms with van der Waals surface area (Å²) in [6.45, 7) is 8.64. The molecule has 3 aromatic heterocycles. The third-order valence-corrected chi connectivity index (χ3v) is 10.5. The number of likely N-dealkylation sites (tertiary alicyclic amines) is 1. The molecule has 0 saturated carbocycles. The number of carbonyl (C=O) groups excluding carboxylic acids is 2. The van der Waals surface area contributed by atoms with Gasteiger partial charge < -0.3 is 20.3 Å². The number of nitrogen functional groups attached to an aromatic ring is 1. The van der Waals surface area contributed by atoms with Crippen LogP contribution in [0, 0.1) is 10.8 Å². The number of ether oxygens (including phenoxy) is 1. The lowest BCUT2D eigenvalue weighted by molar-refractivity contribution is -0.133. The molecule has 6 heterocycles. The summed E-state index contributed by atoms with van der Waals surface area (Å²) in [5, 5.41) is 14.1. The fraction of sp³-hybridized carbons (Fsp3) is 0.441. The van der Waals surface area contributed by atoms with E-state index in [0.29, 0.717) is 93.8 Å². The van der Waals surface area contributed by atoms with E-state index in [4.69, 9.17) is 20.9 Å². The second-order valence-corrected chi connectivity index (χ2v) is 14.2. The van der Waals surface area contributed by atoms with Gasteiger partial charge in [0.15, 0.2) is 11.0 Å². The van der Waals surface area contributed by atoms with Crippen LogP contribution < -0.4 is 20.3 Å². The van der Waals surface area contributed by atoms with E-state index in [0.717, 1.165) is 15.8 Å². The molecule has 1 atom stereocenters. The van der Waals surface area contributed by atoms with Crippen LogP contribution in [0.1, 0.15) is 37.9 Å². The average molecular weight is 684 g/mol. The molecule has 2 amide bonds. The molecule has 0 bridgehead atoms. The van der Waals surface area contributed by atoms with Crippen LogP contribution in [0.15, 0.2) is 48.9 Å². The van der Waals surface area contributed by atoms with Crippen LogP contribution in [-0.2, 0) is 16.6 Å². The second kappa shape index (κ2) is 13.2. The van der Waals surface area contributed by atoms with E-state index in [2.05, 4.69) is 24.9 Å². The third kappa shape index (κ3) is 6.59. The number of benzene rings is 1. The summed E-state index contributed by atoms with van der Waals surface area (Å²) in [4.78, 5) is 49.8. The molecule has 7 rings (SSSR count). The average Bonchev–Trinajstić information content (AvgIpc) is 3.90. The quantitative estimate of drug-likeness (QED) is 0.251. The predicted molar refractivity (Wildman–Crippen MR) is 188 cm³/mol. The number of amides is 2. The monoisotopic (exact) mass is 683 g/mol. The van der Waals surface area contributed by atoms with E-state index < -0.39 is 5.41 Å². The molecule has 3 aliphatic heterocycles. The molecule has 0 aliphatic carbocycles. The Labute approximate surface area is 289 Å². The van der Waals surface area contributed by atoms with Gasteiger partial charge in [-0.2, -0.15) is 5.10 Å². The molecule has 1 aromatic carbocycles. The number of aryl methyl sites for hydroxylation is 1. The zero-order valence-electron chi connectivity index (χ0n) is 28.0. The smallest absolute Gasteiger partial charge is 0.236 e. The number of thiazole rings is 1. The Morgan fingerprint density at radius 2 is 1.80 bits per heavy atom. The number of piperazine rings is 1. The molecule has 1 spiro atoms. The largest absolute Gasteiger partial charge is 0.491 e. The Morgan fingerprint density at radius 1 is 1.04 bits per heavy atom. The number of hydrogen-bond acceptors (Lipinski definition) is 12. The van der Waals surface area contributed by atoms with Gasteiger partial charge in [-0.25, -0.2) is 15.0 Å². The van der Waals surface area contributed by atoms with Crippen molar-refractivity contribution in [3.63, 3.8) is 0 Å². The number of carbonyl (C=O) groups is 2. The molecule has 3 fully saturated rings. The molecule has 256 valence electrons. The molecule has 14 nitrogen and oxygen atoms in total. The number of aromatic nitrogens is 5. The van der Waals surface area contributed by atoms with Crippen LogP contribution in [0.25, 0.3) is 10.7 Å². The van der Waals surface area contributed by atoms with Gasteiger partial charge in [0.25, 0.3) is 0 Å². The highest BCUT2D eigenvalue weighted by Crippen LogP contribution is 2.42. The number of nitrogens with zero attached hydrogens (tertiary/aromatic N) is 9. The van der Waals surface area contributed by atoms with Gasteiger partial charge in [0.1, 0.15) is 23.6 Å². The second-order valence-electron chi connectivity index (χ2n) is 13.2. The number of anilines is 3. The zero-order chi connectivity index (χ0) is 34.3. The van der Waals surface area contributed by atoms with Crippen LogP contribution >= 0.6 is 11.3 Å². The van der Waals surface area contributed by atoms with Crippen LogP contribution in [0.2, 0.25) is 0 Å². The molecule has 0 radical (unpaired) electrons. The van der Waals surface area contributed by atoms with E-state index in [9.17, 15) is 9.59 Å². The summed E-state index contributed by atoms with van der Waals surface area (Å²) in [6.07, 6.45) is 4.92. The minimum atomic E-state index is -0.549. The van der Waals surface area contributed by atoms with Crippen molar-refractivity contribution in [2.45, 2.75) is 32.8 Å². The number of nitrogens with one attached hydrogen (secondary N) is 1. The first-order valence-corrected chi connectivity index (χ1v) is 17.4. The molecule has 3 aliphatic rings. The van der Waals surface area contributed by atoms with E-state index >= 15 is 0 Å². The normalized spacial score (nSPS) is 19.8. The SMILES string of the molecule is CC(C)Oc1ccc(C(=N)c2nc(N3CC[C@]4(CCN(CC(=O)N5CCN(c6ncc(-c7ncn(C)n7)s6)CC5)C4)C3=O)ccc2N)cc1. The Kier molecular flexibility index (Phi) is 8.79. The summed E-state index contributed by atoms with van der Waals surface area (Å²) in [5.41, 5.74) is 7.28. The number of nitrogens with two attached hydrogens (primary N) is 1. The van der Waals surface area contributed by atoms with Gasteiger partial charge in [0, 0.05) is 51.9 Å². The van der Waals surface area contributed by atoms with Crippen molar-refractivity contribution in [1.82, 2.24) is 34.5 Å². The fourth-order valence-electron chi connectivity index (χ4n) is 6.84. The summed E-state index contributed by atoms with van der Waals surface area (Å²) in [6, 6.07) is 10.8. The maximum atomic E-state index is 13.9. The van der Waals surface area contributed by atoms with Gasteiger partial charge in [-0.05, 0) is 69.6 Å². The van der Waals surface area contributed by atoms with E-state index in [1.165, 1.54) is 0 Å². The van der Waals surface area contributed by atoms with Crippen LogP contribution in [-0.4, -0.2) is 111 Å². The van der Waals surface area contributed by atoms with Crippen molar-refractivity contribution in [3.05, 3.63) is 60.2 Å². The summed E-state index contributed by atoms with van der Waals surface area (Å²) in [5.74, 6) is 1.99. The van der Waals surface area contributed by atoms with Gasteiger partial charge in [0.05, 0.1) is 40.5 Å². The van der Waals surface area contributed by atoms with Crippen molar-refractivity contribution in [1.29, 1.82) is 5.41 Å². The van der Waals surface area contributed by atoms with Gasteiger partial charge in [-0.15, -0.1) is 0 Å². The van der Waals surface area contributed by atoms with E-state index in [1.807, 2.05) is 50.1 Å². The lowest BCUT2D eigenvalue weighted by Crippen LogP contribution is -2.51. The Hall–Kier alpha value is -4.89. The number of pyridine rings is 1. The zero-order valence-corrected chi connectivity index (χ0v) is 28.8. The Bertz CT molecular complexity index is 1860. The molecule has 15 heteroatoms. The molecule has 3 N–H and O–H groups in total. The highest BCUT2D eigenvalue weighted by atomic mass is 32.1. The minimum absolute atomic E-state index is 0.0183. The van der Waals surface area contributed by atoms with Crippen molar-refractivity contribution in [2.24, 2.45) is 12.5 Å². The van der Waals surface area contributed by atoms with Gasteiger partial charge >= 0.3 is 0 Å². The molecular formula is C34H41N11O3S. The standard InChI is InChI=1S/C34H41N11O3S/c1-22(2)48-24-6-4-23(5-7-24)29(36)30-25(35)8-9-27(39-30)45-13-11-34(32(45)47)10-12-42(20-34)19-28(46)43-14-16-44(17-15-43)33-37-18-26(49-33)31-38-21-41(3)40-31/h4-9,18,21-22,36H,10-17,19-20,35H2,1-3H3/t34-/m0/s1. The first-order valence-electron chi connectivity index (χ1n) is 16.6. The summed E-state index contributed by atoms with van der Waals surface area (Å²) >= 11 is 1.56. The minimum Gasteiger partial charge on any atom is -0.491 e. The maximum Gasteiger partial charge on any atom is 0.236 e. The van der Waals surface area contributed by atoms with Gasteiger partial charge in [-0.1, -0.05) is 11.3 Å². The maximum absolute atomic E-state index is 13.9. The van der Waals surface area contributed by atoms with E-state index in [-0.39, 0.29) is 23.6 Å². The van der Waals surface area contributed by atoms with Crippen molar-refractivity contribution >= 4 is 45.5 Å². The van der Waals surface area contributed by atoms with Gasteiger partial charge in [0.2, 0.25) is 11.8 Å². The molecular weight excluding hydrogens is 643 g/mol. The summed E-state index contributed by atoms with van der Waals surface area (Å²) < 4.78 is 7.40. The highest BCUT2D eigenvalue weighted by molar-refractivity contribution is 7.18. The Morgan fingerprint density at radius 3 is 2.51 bits per heavy atom. The lowest BCUT2D eigenvalue weighted by Gasteiger charge is -2.35. The van der Waals surface area contributed by atoms with Gasteiger partial charge in [-0.3, -0.25) is 29.5 Å². The predicted octanol–water partition coefficient (Wildman–Crippen LogP) is 2.90. The fourth-order valence-corrected chi connectivity index (χ4v) is 7.74. The highest BCUT2D eigenvalue weighted by Gasteiger charge is 2.51. The van der Waals surface area contributed by atoms with E-state index in [1.54, 1.807) is 45.6 Å². The Balaban J connectivity index is 0.939. The number of rotatable bonds is 9. The van der Waals surface area contributed by atoms with Crippen LogP contribution in [0.3, 0.4) is 0 Å².